The standard InChI is InChI=1S/C18H22ClNO4/c19-13-4-1-11(2-5-13)16-8-3-12(9-17(22)23)18(24)20(16)14-6-7-15(21)10-14/h1-2,4-5,12,14-16,21H,3,6-10H2,(H,22,23)/t12?,14-,15?,16?/m0/s1. The molecule has 2 N–H and O–H groups in total. The quantitative estimate of drug-likeness (QED) is 0.874. The normalized spacial score (nSPS) is 30.6. The van der Waals surface area contributed by atoms with Gasteiger partial charge in [0.2, 0.25) is 5.91 Å². The number of rotatable bonds is 4. The molecule has 1 aromatic carbocycles. The van der Waals surface area contributed by atoms with Crippen LogP contribution in [-0.4, -0.2) is 39.1 Å². The molecule has 0 bridgehead atoms. The second-order valence-electron chi connectivity index (χ2n) is 6.81. The van der Waals surface area contributed by atoms with Gasteiger partial charge in [-0.25, -0.2) is 0 Å². The van der Waals surface area contributed by atoms with E-state index in [1.807, 2.05) is 29.2 Å². The minimum Gasteiger partial charge on any atom is -0.481 e. The van der Waals surface area contributed by atoms with Crippen LogP contribution in [0.4, 0.5) is 0 Å². The van der Waals surface area contributed by atoms with Crippen LogP contribution < -0.4 is 0 Å². The molecule has 3 unspecified atom stereocenters. The first-order valence-corrected chi connectivity index (χ1v) is 8.81. The van der Waals surface area contributed by atoms with Crippen molar-refractivity contribution in [3.05, 3.63) is 34.9 Å². The summed E-state index contributed by atoms with van der Waals surface area (Å²) in [7, 11) is 0. The van der Waals surface area contributed by atoms with Gasteiger partial charge in [0.1, 0.15) is 0 Å². The fraction of sp³-hybridized carbons (Fsp3) is 0.556. The molecular weight excluding hydrogens is 330 g/mol. The first-order chi connectivity index (χ1) is 11.5. The number of carbonyl (C=O) groups excluding carboxylic acids is 1. The number of amides is 1. The van der Waals surface area contributed by atoms with Crippen LogP contribution in [0.25, 0.3) is 0 Å². The van der Waals surface area contributed by atoms with Crippen molar-refractivity contribution in [3.8, 4) is 0 Å². The lowest BCUT2D eigenvalue weighted by Crippen LogP contribution is -2.48. The van der Waals surface area contributed by atoms with E-state index < -0.39 is 11.9 Å². The molecule has 3 rings (SSSR count). The average molecular weight is 352 g/mol. The number of aliphatic hydroxyl groups excluding tert-OH is 1. The number of carbonyl (C=O) groups is 2. The van der Waals surface area contributed by atoms with Gasteiger partial charge in [0.25, 0.3) is 0 Å². The van der Waals surface area contributed by atoms with Crippen molar-refractivity contribution in [2.45, 2.75) is 56.7 Å². The fourth-order valence-electron chi connectivity index (χ4n) is 4.02. The van der Waals surface area contributed by atoms with Crippen molar-refractivity contribution in [2.24, 2.45) is 5.92 Å². The van der Waals surface area contributed by atoms with Gasteiger partial charge in [-0.05, 0) is 49.8 Å². The molecule has 130 valence electrons. The molecule has 1 aliphatic carbocycles. The Bertz CT molecular complexity index is 618. The third kappa shape index (κ3) is 3.57. The topological polar surface area (TPSA) is 77.8 Å². The molecule has 6 heteroatoms. The molecule has 2 aliphatic rings. The van der Waals surface area contributed by atoms with Gasteiger partial charge in [0.05, 0.1) is 18.6 Å². The monoisotopic (exact) mass is 351 g/mol. The van der Waals surface area contributed by atoms with Gasteiger partial charge in [-0.15, -0.1) is 0 Å². The van der Waals surface area contributed by atoms with E-state index in [4.69, 9.17) is 16.7 Å². The van der Waals surface area contributed by atoms with E-state index in [1.54, 1.807) is 0 Å². The molecule has 1 saturated heterocycles. The Morgan fingerprint density at radius 1 is 1.17 bits per heavy atom. The largest absolute Gasteiger partial charge is 0.481 e. The number of hydrogen-bond acceptors (Lipinski definition) is 3. The number of piperidine rings is 1. The van der Waals surface area contributed by atoms with E-state index >= 15 is 0 Å². The van der Waals surface area contributed by atoms with Crippen LogP contribution in [0.1, 0.15) is 50.1 Å². The number of aliphatic hydroxyl groups is 1. The minimum absolute atomic E-state index is 0.0234. The zero-order valence-corrected chi connectivity index (χ0v) is 14.2. The maximum Gasteiger partial charge on any atom is 0.304 e. The van der Waals surface area contributed by atoms with Crippen LogP contribution >= 0.6 is 11.6 Å². The van der Waals surface area contributed by atoms with E-state index in [9.17, 15) is 14.7 Å². The Balaban J connectivity index is 1.88. The van der Waals surface area contributed by atoms with E-state index in [0.717, 1.165) is 18.4 Å². The number of likely N-dealkylation sites (tertiary alicyclic amines) is 1. The van der Waals surface area contributed by atoms with Crippen LogP contribution in [0.15, 0.2) is 24.3 Å². The van der Waals surface area contributed by atoms with Gasteiger partial charge < -0.3 is 15.1 Å². The highest BCUT2D eigenvalue weighted by Crippen LogP contribution is 2.40. The summed E-state index contributed by atoms with van der Waals surface area (Å²) in [5, 5.41) is 19.6. The summed E-state index contributed by atoms with van der Waals surface area (Å²) in [5.74, 6) is -1.50. The molecule has 5 nitrogen and oxygen atoms in total. The number of halogens is 1. The van der Waals surface area contributed by atoms with Gasteiger partial charge in [-0.1, -0.05) is 23.7 Å². The third-order valence-electron chi connectivity index (χ3n) is 5.17. The molecule has 24 heavy (non-hydrogen) atoms. The molecule has 0 radical (unpaired) electrons. The van der Waals surface area contributed by atoms with E-state index in [0.29, 0.717) is 24.3 Å². The smallest absolute Gasteiger partial charge is 0.304 e. The summed E-state index contributed by atoms with van der Waals surface area (Å²) in [5.41, 5.74) is 1.02. The summed E-state index contributed by atoms with van der Waals surface area (Å²) in [6, 6.07) is 7.38. The Kier molecular flexibility index (Phi) is 5.11. The highest BCUT2D eigenvalue weighted by Gasteiger charge is 2.42. The summed E-state index contributed by atoms with van der Waals surface area (Å²) in [6.45, 7) is 0. The summed E-state index contributed by atoms with van der Waals surface area (Å²) in [4.78, 5) is 25.9. The number of aliphatic carboxylic acids is 1. The first kappa shape index (κ1) is 17.2. The number of hydrogen-bond donors (Lipinski definition) is 2. The van der Waals surface area contributed by atoms with Crippen molar-refractivity contribution in [1.29, 1.82) is 0 Å². The highest BCUT2D eigenvalue weighted by atomic mass is 35.5. The Labute approximate surface area is 146 Å². The van der Waals surface area contributed by atoms with Crippen LogP contribution in [-0.2, 0) is 9.59 Å². The molecule has 0 spiro atoms. The number of carboxylic acids is 1. The Morgan fingerprint density at radius 3 is 2.46 bits per heavy atom. The van der Waals surface area contributed by atoms with Crippen LogP contribution in [0.3, 0.4) is 0 Å². The van der Waals surface area contributed by atoms with Crippen LogP contribution in [0.5, 0.6) is 0 Å². The number of benzene rings is 1. The van der Waals surface area contributed by atoms with Crippen LogP contribution in [0, 0.1) is 5.92 Å². The third-order valence-corrected chi connectivity index (χ3v) is 5.43. The van der Waals surface area contributed by atoms with Crippen LogP contribution in [0.2, 0.25) is 5.02 Å². The number of nitrogens with zero attached hydrogens (tertiary/aromatic N) is 1. The molecule has 2 fully saturated rings. The molecule has 1 heterocycles. The zero-order valence-electron chi connectivity index (χ0n) is 13.4. The van der Waals surface area contributed by atoms with E-state index in [2.05, 4.69) is 0 Å². The lowest BCUT2D eigenvalue weighted by Gasteiger charge is -2.43. The van der Waals surface area contributed by atoms with E-state index in [1.165, 1.54) is 0 Å². The molecule has 1 amide bonds. The zero-order chi connectivity index (χ0) is 17.3. The van der Waals surface area contributed by atoms with Crippen molar-refractivity contribution in [2.75, 3.05) is 0 Å². The van der Waals surface area contributed by atoms with Crippen molar-refractivity contribution >= 4 is 23.5 Å². The average Bonchev–Trinajstić information content (AvgIpc) is 2.96. The summed E-state index contributed by atoms with van der Waals surface area (Å²) < 4.78 is 0. The maximum absolute atomic E-state index is 13.0. The second kappa shape index (κ2) is 7.11. The molecular formula is C18H22ClNO4. The maximum atomic E-state index is 13.0. The lowest BCUT2D eigenvalue weighted by molar-refractivity contribution is -0.151. The molecule has 4 atom stereocenters. The molecule has 1 aromatic rings. The fourth-order valence-corrected chi connectivity index (χ4v) is 4.15. The van der Waals surface area contributed by atoms with Gasteiger partial charge in [0.15, 0.2) is 0 Å². The van der Waals surface area contributed by atoms with E-state index in [-0.39, 0.29) is 30.5 Å². The highest BCUT2D eigenvalue weighted by molar-refractivity contribution is 6.30. The van der Waals surface area contributed by atoms with Crippen molar-refractivity contribution in [1.82, 2.24) is 4.90 Å². The van der Waals surface area contributed by atoms with Gasteiger partial charge in [-0.2, -0.15) is 0 Å². The first-order valence-electron chi connectivity index (χ1n) is 8.43. The molecule has 0 aromatic heterocycles. The molecule has 1 saturated carbocycles. The second-order valence-corrected chi connectivity index (χ2v) is 7.24. The Morgan fingerprint density at radius 2 is 1.88 bits per heavy atom. The van der Waals surface area contributed by atoms with Gasteiger partial charge in [0, 0.05) is 17.0 Å². The predicted octanol–water partition coefficient (Wildman–Crippen LogP) is 3.01. The SMILES string of the molecule is O=C(O)CC1CCC(c2ccc(Cl)cc2)N([C@H]2CCC(O)C2)C1=O. The summed E-state index contributed by atoms with van der Waals surface area (Å²) >= 11 is 5.96. The van der Waals surface area contributed by atoms with Crippen molar-refractivity contribution < 1.29 is 19.8 Å². The van der Waals surface area contributed by atoms with Crippen molar-refractivity contribution in [3.63, 3.8) is 0 Å². The van der Waals surface area contributed by atoms with Gasteiger partial charge >= 0.3 is 5.97 Å². The summed E-state index contributed by atoms with van der Waals surface area (Å²) in [6.07, 6.45) is 2.81. The lowest BCUT2D eigenvalue weighted by atomic mass is 9.85. The molecule has 1 aliphatic heterocycles. The predicted molar refractivity (Wildman–Crippen MR) is 89.7 cm³/mol. The van der Waals surface area contributed by atoms with Gasteiger partial charge in [-0.3, -0.25) is 9.59 Å². The Hall–Kier alpha value is -1.59. The minimum atomic E-state index is -0.940. The number of carboxylic acid groups (broad SMARTS) is 1.